The van der Waals surface area contributed by atoms with Gasteiger partial charge in [-0.2, -0.15) is 5.10 Å². The molecule has 14 heteroatoms. The maximum absolute atomic E-state index is 13.5. The van der Waals surface area contributed by atoms with E-state index in [1.165, 1.54) is 17.2 Å². The molecule has 46 heavy (non-hydrogen) atoms. The molecule has 3 aromatic heterocycles. The van der Waals surface area contributed by atoms with Crippen LogP contribution in [0.3, 0.4) is 0 Å². The predicted molar refractivity (Wildman–Crippen MR) is 164 cm³/mol. The quantitative estimate of drug-likeness (QED) is 0.289. The monoisotopic (exact) mass is 630 g/mol. The Morgan fingerprint density at radius 3 is 2.48 bits per heavy atom. The van der Waals surface area contributed by atoms with Crippen LogP contribution in [0.15, 0.2) is 57.7 Å². The van der Waals surface area contributed by atoms with Crippen molar-refractivity contribution in [1.29, 1.82) is 0 Å². The molecule has 0 fully saturated rings. The van der Waals surface area contributed by atoms with Crippen molar-refractivity contribution in [3.63, 3.8) is 0 Å². The number of amides is 4. The average Bonchev–Trinajstić information content (AvgIpc) is 3.76. The number of hydrogen-bond donors (Lipinski definition) is 3. The molecule has 2 atom stereocenters. The molecule has 1 aromatic carbocycles. The minimum atomic E-state index is -0.948. The minimum Gasteiger partial charge on any atom is -0.446 e. The summed E-state index contributed by atoms with van der Waals surface area (Å²) < 4.78 is 12.7. The summed E-state index contributed by atoms with van der Waals surface area (Å²) in [6.45, 7) is 7.82. The Kier molecular flexibility index (Phi) is 9.94. The molecule has 0 saturated heterocycles. The highest BCUT2D eigenvalue weighted by atomic mass is 16.5. The van der Waals surface area contributed by atoms with Crippen LogP contribution in [0.25, 0.3) is 0 Å². The van der Waals surface area contributed by atoms with Crippen LogP contribution in [0, 0.1) is 19.8 Å². The molecule has 242 valence electrons. The number of nitrogens with one attached hydrogen (secondary N) is 3. The third kappa shape index (κ3) is 8.06. The molecule has 3 N–H and O–H groups in total. The zero-order chi connectivity index (χ0) is 32.8. The minimum absolute atomic E-state index is 0.00299. The van der Waals surface area contributed by atoms with E-state index >= 15 is 0 Å². The summed E-state index contributed by atoms with van der Waals surface area (Å²) in [7, 11) is 0. The molecule has 4 bridgehead atoms. The number of aromatic nitrogens is 4. The van der Waals surface area contributed by atoms with Gasteiger partial charge in [-0.05, 0) is 37.8 Å². The van der Waals surface area contributed by atoms with Gasteiger partial charge in [0.15, 0.2) is 17.1 Å². The van der Waals surface area contributed by atoms with E-state index in [2.05, 4.69) is 31.2 Å². The second-order valence-electron chi connectivity index (χ2n) is 11.8. The molecule has 4 heterocycles. The van der Waals surface area contributed by atoms with Crippen molar-refractivity contribution in [2.24, 2.45) is 5.92 Å². The molecule has 14 nitrogen and oxygen atoms in total. The van der Waals surface area contributed by atoms with Crippen molar-refractivity contribution in [3.8, 4) is 0 Å². The van der Waals surface area contributed by atoms with Crippen molar-refractivity contribution in [2.45, 2.75) is 65.7 Å². The summed E-state index contributed by atoms with van der Waals surface area (Å²) >= 11 is 0. The summed E-state index contributed by atoms with van der Waals surface area (Å²) in [5.41, 5.74) is 2.43. The van der Waals surface area contributed by atoms with Crippen molar-refractivity contribution in [1.82, 2.24) is 40.8 Å². The van der Waals surface area contributed by atoms with Crippen LogP contribution in [-0.2, 0) is 29.1 Å². The van der Waals surface area contributed by atoms with Crippen LogP contribution in [0.5, 0.6) is 0 Å². The van der Waals surface area contributed by atoms with Crippen LogP contribution in [0.1, 0.15) is 75.9 Å². The second kappa shape index (κ2) is 14.2. The average molecular weight is 631 g/mol. The fourth-order valence-electron chi connectivity index (χ4n) is 5.24. The van der Waals surface area contributed by atoms with Gasteiger partial charge in [0.2, 0.25) is 17.7 Å². The van der Waals surface area contributed by atoms with Gasteiger partial charge in [-0.3, -0.25) is 23.9 Å². The van der Waals surface area contributed by atoms with E-state index in [1.54, 1.807) is 4.68 Å². The number of hydrogen-bond acceptors (Lipinski definition) is 9. The first kappa shape index (κ1) is 32.1. The van der Waals surface area contributed by atoms with Gasteiger partial charge in [-0.15, -0.1) is 0 Å². The molecule has 0 saturated carbocycles. The third-order valence-electron chi connectivity index (χ3n) is 7.53. The first-order chi connectivity index (χ1) is 22.0. The fraction of sp³-hybridized carbons (Fsp3) is 0.406. The maximum atomic E-state index is 13.5. The summed E-state index contributed by atoms with van der Waals surface area (Å²) in [5, 5.41) is 16.8. The molecule has 0 spiro atoms. The normalized spacial score (nSPS) is 18.0. The SMILES string of the molecule is Cc1cc(C)n(CC(=O)N2CCNC(=O)[C@H](Cc3ccccc3)NC(=O)c3coc(n3)[C@@H](CC(C)C)NC(=O)c3cc(on3)C2)n1. The zero-order valence-electron chi connectivity index (χ0n) is 26.3. The summed E-state index contributed by atoms with van der Waals surface area (Å²) in [4.78, 5) is 59.4. The maximum Gasteiger partial charge on any atom is 0.274 e. The van der Waals surface area contributed by atoms with Crippen LogP contribution in [0.2, 0.25) is 0 Å². The Labute approximate surface area is 265 Å². The standard InChI is InChI=1S/C32H38N8O6/c1-19(2)12-26-32-36-27(18-45-32)31(44)34-24(14-22-8-6-5-7-9-22)29(42)33-10-11-39(16-23-15-25(38-46-23)30(43)35-26)28(41)17-40-21(4)13-20(3)37-40/h5-9,13,15,18-19,24,26H,10-12,14,16-17H2,1-4H3,(H,33,42)(H,34,44)(H,35,43)/t24-,26+/m0/s1. The van der Waals surface area contributed by atoms with Gasteiger partial charge in [0.25, 0.3) is 11.8 Å². The topological polar surface area (TPSA) is 177 Å². The molecule has 1 aliphatic heterocycles. The van der Waals surface area contributed by atoms with Crippen LogP contribution >= 0.6 is 0 Å². The Balaban J connectivity index is 1.45. The lowest BCUT2D eigenvalue weighted by Crippen LogP contribution is -2.50. The van der Waals surface area contributed by atoms with Crippen molar-refractivity contribution in [3.05, 3.63) is 88.7 Å². The van der Waals surface area contributed by atoms with Crippen LogP contribution in [0.4, 0.5) is 0 Å². The number of carbonyl (C=O) groups is 4. The van der Waals surface area contributed by atoms with Gasteiger partial charge >= 0.3 is 0 Å². The van der Waals surface area contributed by atoms with E-state index < -0.39 is 29.8 Å². The lowest BCUT2D eigenvalue weighted by Gasteiger charge is -2.23. The fourth-order valence-corrected chi connectivity index (χ4v) is 5.24. The lowest BCUT2D eigenvalue weighted by molar-refractivity contribution is -0.133. The Morgan fingerprint density at radius 1 is 1.02 bits per heavy atom. The van der Waals surface area contributed by atoms with Gasteiger partial charge in [0, 0.05) is 31.3 Å². The molecule has 0 aliphatic carbocycles. The third-order valence-corrected chi connectivity index (χ3v) is 7.53. The number of nitrogens with zero attached hydrogens (tertiary/aromatic N) is 5. The number of oxazole rings is 1. The highest BCUT2D eigenvalue weighted by molar-refractivity contribution is 5.96. The van der Waals surface area contributed by atoms with Gasteiger partial charge in [0.1, 0.15) is 24.9 Å². The summed E-state index contributed by atoms with van der Waals surface area (Å²) in [6, 6.07) is 11.0. The highest BCUT2D eigenvalue weighted by Crippen LogP contribution is 2.22. The Morgan fingerprint density at radius 2 is 1.76 bits per heavy atom. The lowest BCUT2D eigenvalue weighted by atomic mass is 10.0. The number of fused-ring (bicyclic) bond motifs is 4. The van der Waals surface area contributed by atoms with Crippen LogP contribution in [-0.4, -0.2) is 67.6 Å². The second-order valence-corrected chi connectivity index (χ2v) is 11.8. The van der Waals surface area contributed by atoms with Gasteiger partial charge in [-0.1, -0.05) is 49.3 Å². The Bertz CT molecular complexity index is 1690. The molecular formula is C32H38N8O6. The number of benzene rings is 1. The van der Waals surface area contributed by atoms with Gasteiger partial charge in [0.05, 0.1) is 12.2 Å². The molecule has 0 unspecified atom stereocenters. The molecule has 5 rings (SSSR count). The van der Waals surface area contributed by atoms with Gasteiger partial charge < -0.3 is 29.8 Å². The predicted octanol–water partition coefficient (Wildman–Crippen LogP) is 2.49. The molecule has 4 aromatic rings. The number of aryl methyl sites for hydroxylation is 2. The zero-order valence-corrected chi connectivity index (χ0v) is 26.3. The molecule has 0 radical (unpaired) electrons. The van der Waals surface area contributed by atoms with E-state index in [-0.39, 0.29) is 67.5 Å². The van der Waals surface area contributed by atoms with Gasteiger partial charge in [-0.25, -0.2) is 4.98 Å². The number of carbonyl (C=O) groups excluding carboxylic acids is 4. The molecule has 1 aliphatic rings. The van der Waals surface area contributed by atoms with Crippen molar-refractivity contribution < 1.29 is 28.1 Å². The van der Waals surface area contributed by atoms with Crippen molar-refractivity contribution >= 4 is 23.6 Å². The van der Waals surface area contributed by atoms with Crippen molar-refractivity contribution in [2.75, 3.05) is 13.1 Å². The van der Waals surface area contributed by atoms with E-state index in [1.807, 2.05) is 64.1 Å². The highest BCUT2D eigenvalue weighted by Gasteiger charge is 2.28. The van der Waals surface area contributed by atoms with E-state index in [0.717, 1.165) is 17.0 Å². The molecule has 4 amide bonds. The number of rotatable bonds is 6. The molecular weight excluding hydrogens is 592 g/mol. The largest absolute Gasteiger partial charge is 0.446 e. The summed E-state index contributed by atoms with van der Waals surface area (Å²) in [5.74, 6) is -1.27. The van der Waals surface area contributed by atoms with E-state index in [9.17, 15) is 19.2 Å². The first-order valence-electron chi connectivity index (χ1n) is 15.2. The summed E-state index contributed by atoms with van der Waals surface area (Å²) in [6.07, 6.45) is 1.89. The first-order valence-corrected chi connectivity index (χ1v) is 15.2. The van der Waals surface area contributed by atoms with E-state index in [4.69, 9.17) is 8.94 Å². The smallest absolute Gasteiger partial charge is 0.274 e. The van der Waals surface area contributed by atoms with Crippen LogP contribution < -0.4 is 16.0 Å². The van der Waals surface area contributed by atoms with E-state index in [0.29, 0.717) is 6.42 Å². The Hall–Kier alpha value is -5.27.